The Morgan fingerprint density at radius 1 is 1.08 bits per heavy atom. The smallest absolute Gasteiger partial charge is 0.421 e. The quantitative estimate of drug-likeness (QED) is 0.105. The average molecular weight is 693 g/mol. The van der Waals surface area contributed by atoms with Crippen molar-refractivity contribution in [2.75, 3.05) is 38.0 Å². The van der Waals surface area contributed by atoms with Crippen molar-refractivity contribution in [3.63, 3.8) is 0 Å². The second-order valence-electron chi connectivity index (χ2n) is 11.1. The molecule has 0 fully saturated rings. The van der Waals surface area contributed by atoms with E-state index in [0.717, 1.165) is 0 Å². The molecule has 0 saturated carbocycles. The molecule has 4 rings (SSSR count). The molecule has 0 bridgehead atoms. The number of anilines is 4. The molecule has 1 atom stereocenters. The van der Waals surface area contributed by atoms with Crippen LogP contribution in [0, 0.1) is 0 Å². The normalized spacial score (nSPS) is 13.1. The highest BCUT2D eigenvalue weighted by Gasteiger charge is 2.36. The zero-order chi connectivity index (χ0) is 35.3. The molecule has 0 saturated heterocycles. The van der Waals surface area contributed by atoms with Gasteiger partial charge in [-0.25, -0.2) is 9.97 Å². The maximum absolute atomic E-state index is 14.1. The first-order valence-electron chi connectivity index (χ1n) is 14.6. The molecule has 0 aliphatic carbocycles. The summed E-state index contributed by atoms with van der Waals surface area (Å²) >= 11 is 0. The number of aromatic nitrogens is 5. The lowest BCUT2D eigenvalue weighted by atomic mass is 10.0. The maximum atomic E-state index is 14.1. The fourth-order valence-electron chi connectivity index (χ4n) is 4.59. The number of alkyl halides is 3. The van der Waals surface area contributed by atoms with Gasteiger partial charge < -0.3 is 35.2 Å². The van der Waals surface area contributed by atoms with Crippen LogP contribution in [0.1, 0.15) is 48.8 Å². The van der Waals surface area contributed by atoms with Crippen molar-refractivity contribution < 1.29 is 41.8 Å². The van der Waals surface area contributed by atoms with Gasteiger partial charge in [0.2, 0.25) is 5.95 Å². The summed E-state index contributed by atoms with van der Waals surface area (Å²) in [5.41, 5.74) is -0.423. The zero-order valence-corrected chi connectivity index (χ0v) is 27.7. The third-order valence-corrected chi connectivity index (χ3v) is 8.56. The first-order valence-corrected chi connectivity index (χ1v) is 16.4. The molecule has 14 nitrogen and oxygen atoms in total. The fraction of sp³-hybridized carbons (Fsp3) is 0.367. The second kappa shape index (κ2) is 14.7. The van der Waals surface area contributed by atoms with Crippen LogP contribution in [0.5, 0.6) is 5.75 Å². The molecule has 4 aromatic rings. The summed E-state index contributed by atoms with van der Waals surface area (Å²) in [6.07, 6.45) is -0.890. The van der Waals surface area contributed by atoms with E-state index >= 15 is 0 Å². The van der Waals surface area contributed by atoms with Gasteiger partial charge in [0.1, 0.15) is 17.1 Å². The summed E-state index contributed by atoms with van der Waals surface area (Å²) in [7, 11) is -1.18. The summed E-state index contributed by atoms with van der Waals surface area (Å²) < 4.78 is 66.4. The maximum Gasteiger partial charge on any atom is 0.421 e. The van der Waals surface area contributed by atoms with E-state index in [9.17, 15) is 32.5 Å². The minimum atomic E-state index is -4.87. The molecule has 3 aromatic heterocycles. The van der Waals surface area contributed by atoms with Crippen LogP contribution in [0.25, 0.3) is 11.3 Å². The number of benzene rings is 1. The van der Waals surface area contributed by atoms with Crippen molar-refractivity contribution in [3.8, 4) is 17.0 Å². The van der Waals surface area contributed by atoms with Crippen molar-refractivity contribution in [1.29, 1.82) is 0 Å². The third-order valence-electron chi connectivity index (χ3n) is 7.13. The third kappa shape index (κ3) is 8.66. The molecule has 5 N–H and O–H groups in total. The predicted octanol–water partition coefficient (Wildman–Crippen LogP) is 5.45. The van der Waals surface area contributed by atoms with Crippen LogP contribution >= 0.6 is 7.60 Å². The van der Waals surface area contributed by atoms with Crippen molar-refractivity contribution in [1.82, 2.24) is 30.0 Å². The van der Waals surface area contributed by atoms with E-state index < -0.39 is 36.6 Å². The Morgan fingerprint density at radius 3 is 2.46 bits per heavy atom. The molecule has 0 radical (unpaired) electrons. The number of nitrogens with zero attached hydrogens (tertiary/aromatic N) is 5. The van der Waals surface area contributed by atoms with Crippen LogP contribution in [-0.2, 0) is 27.0 Å². The number of aliphatic hydroxyl groups is 1. The van der Waals surface area contributed by atoms with E-state index in [-0.39, 0.29) is 48.1 Å². The Hall–Kier alpha value is -4.57. The van der Waals surface area contributed by atoms with E-state index in [2.05, 4.69) is 36.0 Å². The summed E-state index contributed by atoms with van der Waals surface area (Å²) in [4.78, 5) is 35.2. The van der Waals surface area contributed by atoms with Crippen LogP contribution in [0.4, 0.5) is 36.3 Å². The van der Waals surface area contributed by atoms with Gasteiger partial charge in [-0.1, -0.05) is 6.07 Å². The van der Waals surface area contributed by atoms with E-state index in [4.69, 9.17) is 9.26 Å². The first-order chi connectivity index (χ1) is 22.6. The SMILES string of the molecule is CCOP(=O)(O)Cc1ccc(Nc2ncc(C(F)(F)F)c(Nc3ccc(-c4cnn(C(C)(C)CCO)c4)nc3C(=O)NC)n2)c(OC)c1. The van der Waals surface area contributed by atoms with Gasteiger partial charge in [-0.3, -0.25) is 14.0 Å². The number of amides is 1. The number of carbonyl (C=O) groups is 1. The molecule has 48 heavy (non-hydrogen) atoms. The standard InChI is InChI=1S/C30H36F3N8O6P/c1-6-47-48(44,45)17-18-7-8-22(24(13-18)46-5)39-28-35-15-20(30(31,32)33)26(40-28)38-23-10-9-21(37-25(23)27(43)34-4)19-14-36-41(16-19)29(2,3)11-12-42/h7-10,13-16,42H,6,11-12,17H2,1-5H3,(H,34,43)(H,44,45)(H2,35,38,39,40). The summed E-state index contributed by atoms with van der Waals surface area (Å²) in [5, 5.41) is 21.6. The Kier molecular flexibility index (Phi) is 11.1. The van der Waals surface area contributed by atoms with Gasteiger partial charge in [0.15, 0.2) is 5.69 Å². The number of hydrogen-bond acceptors (Lipinski definition) is 11. The Balaban J connectivity index is 1.69. The minimum Gasteiger partial charge on any atom is -0.495 e. The number of hydrogen-bond donors (Lipinski definition) is 5. The molecule has 0 aliphatic heterocycles. The van der Waals surface area contributed by atoms with Gasteiger partial charge in [-0.05, 0) is 57.0 Å². The lowest BCUT2D eigenvalue weighted by Crippen LogP contribution is -2.27. The largest absolute Gasteiger partial charge is 0.495 e. The molecule has 1 aromatic carbocycles. The number of nitrogens with one attached hydrogen (secondary N) is 3. The Labute approximate surface area is 274 Å². The van der Waals surface area contributed by atoms with Crippen molar-refractivity contribution >= 4 is 36.6 Å². The first kappa shape index (κ1) is 36.3. The lowest BCUT2D eigenvalue weighted by Gasteiger charge is -2.24. The van der Waals surface area contributed by atoms with Crippen LogP contribution < -0.4 is 20.7 Å². The van der Waals surface area contributed by atoms with E-state index in [0.29, 0.717) is 29.4 Å². The molecule has 18 heteroatoms. The van der Waals surface area contributed by atoms with Gasteiger partial charge in [-0.15, -0.1) is 0 Å². The summed E-state index contributed by atoms with van der Waals surface area (Å²) in [6, 6.07) is 7.42. The predicted molar refractivity (Wildman–Crippen MR) is 172 cm³/mol. The number of methoxy groups -OCH3 is 1. The van der Waals surface area contributed by atoms with E-state index in [1.807, 2.05) is 13.8 Å². The number of pyridine rings is 1. The van der Waals surface area contributed by atoms with Gasteiger partial charge in [0.25, 0.3) is 5.91 Å². The number of ether oxygens (including phenoxy) is 1. The molecule has 0 aliphatic rings. The van der Waals surface area contributed by atoms with Gasteiger partial charge >= 0.3 is 13.8 Å². The summed E-state index contributed by atoms with van der Waals surface area (Å²) in [6.45, 7) is 5.38. The van der Waals surface area contributed by atoms with Crippen molar-refractivity contribution in [2.24, 2.45) is 0 Å². The summed E-state index contributed by atoms with van der Waals surface area (Å²) in [5.74, 6) is -1.38. The molecule has 258 valence electrons. The Bertz CT molecular complexity index is 1820. The number of aliphatic hydroxyl groups excluding tert-OH is 1. The molecule has 1 amide bonds. The number of rotatable bonds is 14. The highest BCUT2D eigenvalue weighted by atomic mass is 31.2. The molecular weight excluding hydrogens is 656 g/mol. The van der Waals surface area contributed by atoms with Crippen LogP contribution in [-0.4, -0.2) is 68.0 Å². The highest BCUT2D eigenvalue weighted by Crippen LogP contribution is 2.46. The zero-order valence-electron chi connectivity index (χ0n) is 26.8. The number of carbonyl (C=O) groups excluding carboxylic acids is 1. The topological polar surface area (TPSA) is 186 Å². The molecule has 0 spiro atoms. The number of halogens is 3. The van der Waals surface area contributed by atoms with Crippen molar-refractivity contribution in [2.45, 2.75) is 45.1 Å². The van der Waals surface area contributed by atoms with Gasteiger partial charge in [-0.2, -0.15) is 23.3 Å². The fourth-order valence-corrected chi connectivity index (χ4v) is 5.75. The van der Waals surface area contributed by atoms with Crippen LogP contribution in [0.2, 0.25) is 0 Å². The lowest BCUT2D eigenvalue weighted by molar-refractivity contribution is -0.137. The minimum absolute atomic E-state index is 0.0489. The van der Waals surface area contributed by atoms with E-state index in [1.54, 1.807) is 17.8 Å². The van der Waals surface area contributed by atoms with Crippen molar-refractivity contribution in [3.05, 3.63) is 65.7 Å². The molecular formula is C30H36F3N8O6P. The van der Waals surface area contributed by atoms with Crippen LogP contribution in [0.3, 0.4) is 0 Å². The van der Waals surface area contributed by atoms with Crippen LogP contribution in [0.15, 0.2) is 48.9 Å². The Morgan fingerprint density at radius 2 is 1.81 bits per heavy atom. The van der Waals surface area contributed by atoms with Gasteiger partial charge in [0, 0.05) is 31.6 Å². The monoisotopic (exact) mass is 692 g/mol. The molecule has 1 unspecified atom stereocenters. The second-order valence-corrected chi connectivity index (χ2v) is 12.9. The molecule has 3 heterocycles. The van der Waals surface area contributed by atoms with E-state index in [1.165, 1.54) is 50.7 Å². The average Bonchev–Trinajstić information content (AvgIpc) is 3.53. The van der Waals surface area contributed by atoms with Gasteiger partial charge in [0.05, 0.1) is 48.7 Å². The highest BCUT2D eigenvalue weighted by molar-refractivity contribution is 7.51.